The van der Waals surface area contributed by atoms with Gasteiger partial charge >= 0.3 is 0 Å². The molecule has 0 aliphatic carbocycles. The van der Waals surface area contributed by atoms with Crippen molar-refractivity contribution in [2.75, 3.05) is 36.0 Å². The van der Waals surface area contributed by atoms with Crippen molar-refractivity contribution in [1.29, 1.82) is 0 Å². The molecule has 3 heterocycles. The lowest BCUT2D eigenvalue weighted by Gasteiger charge is -2.37. The summed E-state index contributed by atoms with van der Waals surface area (Å²) in [5.74, 6) is 1.97. The van der Waals surface area contributed by atoms with Crippen LogP contribution in [0, 0.1) is 6.92 Å². The number of hydrogen-bond acceptors (Lipinski definition) is 5. The lowest BCUT2D eigenvalue weighted by molar-refractivity contribution is 0.647. The van der Waals surface area contributed by atoms with Crippen molar-refractivity contribution in [2.24, 2.45) is 0 Å². The molecule has 0 spiro atoms. The number of thiophene rings is 1. The van der Waals surface area contributed by atoms with E-state index in [0.717, 1.165) is 54.1 Å². The Labute approximate surface area is 185 Å². The molecular weight excluding hydrogens is 412 g/mol. The number of aromatic nitrogens is 2. The van der Waals surface area contributed by atoms with E-state index in [-0.39, 0.29) is 0 Å². The van der Waals surface area contributed by atoms with Crippen LogP contribution in [-0.4, -0.2) is 36.1 Å². The molecule has 1 aliphatic heterocycles. The smallest absolute Gasteiger partial charge is 0.141 e. The standard InChI is InChI=1S/C24H23ClN4S/c1-17-15-21-23(26-22(27-24(21)30-17)16-18-5-3-2-4-6-18)29-13-11-28(12-14-29)20-9-7-19(25)8-10-20/h2-10,15H,11-14,16H2,1H3. The zero-order chi connectivity index (χ0) is 20.5. The van der Waals surface area contributed by atoms with Crippen LogP contribution in [0.15, 0.2) is 60.7 Å². The van der Waals surface area contributed by atoms with Crippen LogP contribution >= 0.6 is 22.9 Å². The molecule has 0 atom stereocenters. The molecular formula is C24H23ClN4S. The zero-order valence-electron chi connectivity index (χ0n) is 16.9. The van der Waals surface area contributed by atoms with Crippen molar-refractivity contribution in [3.63, 3.8) is 0 Å². The molecule has 1 saturated heterocycles. The number of hydrogen-bond donors (Lipinski definition) is 0. The predicted molar refractivity (Wildman–Crippen MR) is 127 cm³/mol. The van der Waals surface area contributed by atoms with E-state index in [1.54, 1.807) is 11.3 Å². The van der Waals surface area contributed by atoms with Gasteiger partial charge < -0.3 is 9.80 Å². The first-order valence-corrected chi connectivity index (χ1v) is 11.4. The van der Waals surface area contributed by atoms with Crippen molar-refractivity contribution in [3.05, 3.63) is 82.0 Å². The maximum atomic E-state index is 6.04. The third-order valence-electron chi connectivity index (χ3n) is 5.52. The van der Waals surface area contributed by atoms with Crippen LogP contribution in [0.5, 0.6) is 0 Å². The summed E-state index contributed by atoms with van der Waals surface area (Å²) in [7, 11) is 0. The summed E-state index contributed by atoms with van der Waals surface area (Å²) in [5.41, 5.74) is 2.46. The minimum atomic E-state index is 0.755. The monoisotopic (exact) mass is 434 g/mol. The Morgan fingerprint density at radius 1 is 0.900 bits per heavy atom. The topological polar surface area (TPSA) is 32.3 Å². The second kappa shape index (κ2) is 8.25. The van der Waals surface area contributed by atoms with Crippen LogP contribution in [0.2, 0.25) is 5.02 Å². The molecule has 4 aromatic rings. The second-order valence-electron chi connectivity index (χ2n) is 7.65. The summed E-state index contributed by atoms with van der Waals surface area (Å²) in [4.78, 5) is 17.1. The van der Waals surface area contributed by atoms with Gasteiger partial charge in [-0.05, 0) is 42.8 Å². The second-order valence-corrected chi connectivity index (χ2v) is 9.32. The van der Waals surface area contributed by atoms with Crippen molar-refractivity contribution in [2.45, 2.75) is 13.3 Å². The summed E-state index contributed by atoms with van der Waals surface area (Å²) >= 11 is 7.80. The number of anilines is 2. The summed E-state index contributed by atoms with van der Waals surface area (Å²) in [6, 6.07) is 20.8. The molecule has 152 valence electrons. The fourth-order valence-electron chi connectivity index (χ4n) is 4.00. The lowest BCUT2D eigenvalue weighted by Crippen LogP contribution is -2.47. The van der Waals surface area contributed by atoms with Crippen LogP contribution in [0.1, 0.15) is 16.3 Å². The molecule has 0 unspecified atom stereocenters. The van der Waals surface area contributed by atoms with Gasteiger partial charge in [0.05, 0.1) is 5.39 Å². The Balaban J connectivity index is 1.41. The lowest BCUT2D eigenvalue weighted by atomic mass is 10.1. The quantitative estimate of drug-likeness (QED) is 0.420. The Kier molecular flexibility index (Phi) is 5.32. The first-order chi connectivity index (χ1) is 14.7. The molecule has 6 heteroatoms. The van der Waals surface area contributed by atoms with Gasteiger partial charge in [0.15, 0.2) is 0 Å². The minimum Gasteiger partial charge on any atom is -0.368 e. The van der Waals surface area contributed by atoms with Crippen molar-refractivity contribution in [3.8, 4) is 0 Å². The highest BCUT2D eigenvalue weighted by molar-refractivity contribution is 7.18. The Hall–Kier alpha value is -2.63. The van der Waals surface area contributed by atoms with Crippen molar-refractivity contribution in [1.82, 2.24) is 9.97 Å². The first kappa shape index (κ1) is 19.3. The average Bonchev–Trinajstić information content (AvgIpc) is 3.15. The molecule has 0 amide bonds. The van der Waals surface area contributed by atoms with Gasteiger partial charge in [0.1, 0.15) is 16.5 Å². The number of nitrogens with zero attached hydrogens (tertiary/aromatic N) is 4. The van der Waals surface area contributed by atoms with E-state index in [0.29, 0.717) is 0 Å². The third-order valence-corrected chi connectivity index (χ3v) is 6.71. The number of benzene rings is 2. The van der Waals surface area contributed by atoms with Gasteiger partial charge in [-0.25, -0.2) is 9.97 Å². The molecule has 30 heavy (non-hydrogen) atoms. The van der Waals surface area contributed by atoms with E-state index < -0.39 is 0 Å². The van der Waals surface area contributed by atoms with Gasteiger partial charge in [-0.2, -0.15) is 0 Å². The van der Waals surface area contributed by atoms with Crippen molar-refractivity contribution >= 4 is 44.7 Å². The van der Waals surface area contributed by atoms with Gasteiger partial charge in [-0.3, -0.25) is 0 Å². The summed E-state index contributed by atoms with van der Waals surface area (Å²) in [6.07, 6.45) is 0.755. The maximum absolute atomic E-state index is 6.04. The Bertz CT molecular complexity index is 1150. The van der Waals surface area contributed by atoms with Crippen LogP contribution in [0.3, 0.4) is 0 Å². The number of aryl methyl sites for hydroxylation is 1. The van der Waals surface area contributed by atoms with Gasteiger partial charge in [-0.1, -0.05) is 41.9 Å². The molecule has 2 aromatic carbocycles. The Morgan fingerprint density at radius 3 is 2.33 bits per heavy atom. The highest BCUT2D eigenvalue weighted by Crippen LogP contribution is 2.32. The van der Waals surface area contributed by atoms with E-state index in [4.69, 9.17) is 21.6 Å². The molecule has 1 fully saturated rings. The Morgan fingerprint density at radius 2 is 1.60 bits per heavy atom. The van der Waals surface area contributed by atoms with Gasteiger partial charge in [0.25, 0.3) is 0 Å². The molecule has 0 N–H and O–H groups in total. The third kappa shape index (κ3) is 4.00. The van der Waals surface area contributed by atoms with E-state index in [1.165, 1.54) is 21.5 Å². The largest absolute Gasteiger partial charge is 0.368 e. The molecule has 1 aliphatic rings. The maximum Gasteiger partial charge on any atom is 0.141 e. The van der Waals surface area contributed by atoms with Crippen LogP contribution in [0.25, 0.3) is 10.2 Å². The van der Waals surface area contributed by atoms with Crippen LogP contribution in [-0.2, 0) is 6.42 Å². The average molecular weight is 435 g/mol. The molecule has 0 saturated carbocycles. The molecule has 0 radical (unpaired) electrons. The summed E-state index contributed by atoms with van der Waals surface area (Å²) < 4.78 is 0. The van der Waals surface area contributed by atoms with E-state index in [2.05, 4.69) is 59.2 Å². The zero-order valence-corrected chi connectivity index (χ0v) is 18.5. The molecule has 0 bridgehead atoms. The SMILES string of the molecule is Cc1cc2c(N3CCN(c4ccc(Cl)cc4)CC3)nc(Cc3ccccc3)nc2s1. The summed E-state index contributed by atoms with van der Waals surface area (Å²) in [5, 5.41) is 1.95. The van der Waals surface area contributed by atoms with Crippen LogP contribution in [0.4, 0.5) is 11.5 Å². The van der Waals surface area contributed by atoms with E-state index in [1.807, 2.05) is 18.2 Å². The van der Waals surface area contributed by atoms with E-state index in [9.17, 15) is 0 Å². The number of halogens is 1. The summed E-state index contributed by atoms with van der Waals surface area (Å²) in [6.45, 7) is 5.95. The normalized spacial score (nSPS) is 14.5. The van der Waals surface area contributed by atoms with Gasteiger partial charge in [0.2, 0.25) is 0 Å². The minimum absolute atomic E-state index is 0.755. The fourth-order valence-corrected chi connectivity index (χ4v) is 5.02. The van der Waals surface area contributed by atoms with Crippen molar-refractivity contribution < 1.29 is 0 Å². The highest BCUT2D eigenvalue weighted by Gasteiger charge is 2.22. The number of rotatable bonds is 4. The fraction of sp³-hybridized carbons (Fsp3) is 0.250. The molecule has 5 rings (SSSR count). The first-order valence-electron chi connectivity index (χ1n) is 10.2. The number of fused-ring (bicyclic) bond motifs is 1. The van der Waals surface area contributed by atoms with Gasteiger partial charge in [0, 0.05) is 48.2 Å². The highest BCUT2D eigenvalue weighted by atomic mass is 35.5. The predicted octanol–water partition coefficient (Wildman–Crippen LogP) is 5.57. The molecule has 4 nitrogen and oxygen atoms in total. The van der Waals surface area contributed by atoms with Gasteiger partial charge in [-0.15, -0.1) is 11.3 Å². The number of piperazine rings is 1. The molecule has 2 aromatic heterocycles. The van der Waals surface area contributed by atoms with Crippen LogP contribution < -0.4 is 9.80 Å². The van der Waals surface area contributed by atoms with E-state index >= 15 is 0 Å².